The average Bonchev–Trinajstić information content (AvgIpc) is 2.44. The minimum absolute atomic E-state index is 0.123. The second-order valence-electron chi connectivity index (χ2n) is 3.74. The van der Waals surface area contributed by atoms with E-state index in [1.54, 1.807) is 0 Å². The monoisotopic (exact) mass is 290 g/mol. The molecule has 2 atom stereocenters. The fourth-order valence-corrected chi connectivity index (χ4v) is 1.85. The van der Waals surface area contributed by atoms with Crippen LogP contribution in [0.3, 0.4) is 0 Å². The van der Waals surface area contributed by atoms with Gasteiger partial charge in [0.15, 0.2) is 0 Å². The summed E-state index contributed by atoms with van der Waals surface area (Å²) in [6.45, 7) is 0.458. The summed E-state index contributed by atoms with van der Waals surface area (Å²) in [4.78, 5) is 4.22. The molecule has 2 unspecified atom stereocenters. The lowest BCUT2D eigenvalue weighted by molar-refractivity contribution is -0.181. The highest BCUT2D eigenvalue weighted by Gasteiger charge is 2.09. The van der Waals surface area contributed by atoms with E-state index in [0.29, 0.717) is 13.0 Å². The molecule has 0 bridgehead atoms. The van der Waals surface area contributed by atoms with Gasteiger partial charge >= 0.3 is 8.25 Å². The van der Waals surface area contributed by atoms with Gasteiger partial charge in [-0.25, -0.2) is 4.89 Å². The first-order valence-corrected chi connectivity index (χ1v) is 7.12. The van der Waals surface area contributed by atoms with Gasteiger partial charge in [0.05, 0.1) is 33.0 Å². The Labute approximate surface area is 113 Å². The van der Waals surface area contributed by atoms with E-state index in [0.717, 1.165) is 5.56 Å². The quantitative estimate of drug-likeness (QED) is 0.403. The molecule has 0 radical (unpaired) electrons. The Hall–Kier alpha value is -0.750. The molecule has 0 aliphatic carbocycles. The molecule has 1 N–H and O–H groups in total. The zero-order valence-corrected chi connectivity index (χ0v) is 11.8. The van der Waals surface area contributed by atoms with E-state index in [1.165, 1.54) is 7.11 Å². The van der Waals surface area contributed by atoms with Gasteiger partial charge < -0.3 is 14.4 Å². The third kappa shape index (κ3) is 7.42. The summed E-state index contributed by atoms with van der Waals surface area (Å²) in [5.74, 6) is 0. The molecule has 7 heteroatoms. The fraction of sp³-hybridized carbons (Fsp3) is 0.500. The minimum atomic E-state index is -2.62. The zero-order chi connectivity index (χ0) is 13.9. The van der Waals surface area contributed by atoms with Crippen molar-refractivity contribution >= 4 is 8.25 Å². The number of aliphatic hydroxyl groups is 1. The Morgan fingerprint density at radius 3 is 2.68 bits per heavy atom. The maximum absolute atomic E-state index is 11.0. The predicted octanol–water partition coefficient (Wildman–Crippen LogP) is 1.94. The molecule has 0 spiro atoms. The fourth-order valence-electron chi connectivity index (χ4n) is 1.38. The average molecular weight is 290 g/mol. The van der Waals surface area contributed by atoms with Gasteiger partial charge in [0.2, 0.25) is 0 Å². The first-order chi connectivity index (χ1) is 9.26. The lowest BCUT2D eigenvalue weighted by atomic mass is 10.2. The molecule has 19 heavy (non-hydrogen) atoms. The van der Waals surface area contributed by atoms with E-state index in [9.17, 15) is 4.57 Å². The zero-order valence-electron chi connectivity index (χ0n) is 10.8. The maximum atomic E-state index is 11.0. The van der Waals surface area contributed by atoms with Crippen molar-refractivity contribution in [2.24, 2.45) is 0 Å². The molecule has 0 heterocycles. The van der Waals surface area contributed by atoms with E-state index in [4.69, 9.17) is 14.4 Å². The van der Waals surface area contributed by atoms with Crippen LogP contribution in [0.15, 0.2) is 30.3 Å². The second kappa shape index (κ2) is 10.1. The summed E-state index contributed by atoms with van der Waals surface area (Å²) in [6.07, 6.45) is 0.0600. The van der Waals surface area contributed by atoms with Gasteiger partial charge in [-0.3, -0.25) is 4.57 Å². The third-order valence-corrected chi connectivity index (χ3v) is 3.09. The van der Waals surface area contributed by atoms with Crippen molar-refractivity contribution in [3.05, 3.63) is 35.9 Å². The number of aliphatic hydroxyl groups excluding tert-OH is 1. The van der Waals surface area contributed by atoms with Crippen LogP contribution in [0.5, 0.6) is 0 Å². The molecular weight excluding hydrogens is 271 g/mol. The molecule has 1 aromatic carbocycles. The van der Waals surface area contributed by atoms with Crippen LogP contribution < -0.4 is 0 Å². The van der Waals surface area contributed by atoms with Crippen LogP contribution in [0.1, 0.15) is 12.0 Å². The summed E-state index contributed by atoms with van der Waals surface area (Å²) >= 11 is 0. The summed E-state index contributed by atoms with van der Waals surface area (Å²) in [7, 11) is -1.36. The van der Waals surface area contributed by atoms with Crippen LogP contribution in [0.2, 0.25) is 0 Å². The lowest BCUT2D eigenvalue weighted by Gasteiger charge is -2.15. The normalized spacial score (nSPS) is 14.2. The summed E-state index contributed by atoms with van der Waals surface area (Å²) < 4.78 is 25.7. The Kier molecular flexibility index (Phi) is 8.66. The van der Waals surface area contributed by atoms with Crippen molar-refractivity contribution < 1.29 is 28.5 Å². The molecule has 0 aromatic heterocycles. The van der Waals surface area contributed by atoms with Gasteiger partial charge in [-0.05, 0) is 12.0 Å². The molecular formula is C12H19O6P. The highest BCUT2D eigenvalue weighted by Crippen LogP contribution is 2.23. The van der Waals surface area contributed by atoms with Gasteiger partial charge in [0.1, 0.15) is 0 Å². The van der Waals surface area contributed by atoms with E-state index < -0.39 is 8.25 Å². The van der Waals surface area contributed by atoms with Gasteiger partial charge in [-0.1, -0.05) is 30.3 Å². The van der Waals surface area contributed by atoms with E-state index in [-0.39, 0.29) is 19.3 Å². The number of hydrogen-bond acceptors (Lipinski definition) is 6. The van der Waals surface area contributed by atoms with Crippen molar-refractivity contribution in [2.75, 3.05) is 20.3 Å². The molecule has 6 nitrogen and oxygen atoms in total. The van der Waals surface area contributed by atoms with Crippen molar-refractivity contribution in [2.45, 2.75) is 19.1 Å². The van der Waals surface area contributed by atoms with E-state index in [1.807, 2.05) is 30.3 Å². The molecule has 0 saturated carbocycles. The Morgan fingerprint density at radius 1 is 1.32 bits per heavy atom. The first-order valence-electron chi connectivity index (χ1n) is 5.90. The largest absolute Gasteiger partial charge is 0.394 e. The summed E-state index contributed by atoms with van der Waals surface area (Å²) in [5.41, 5.74) is 1.03. The van der Waals surface area contributed by atoms with Crippen molar-refractivity contribution in [1.82, 2.24) is 0 Å². The summed E-state index contributed by atoms with van der Waals surface area (Å²) in [5, 5.41) is 9.17. The van der Waals surface area contributed by atoms with E-state index >= 15 is 0 Å². The smallest absolute Gasteiger partial charge is 0.346 e. The van der Waals surface area contributed by atoms with Crippen molar-refractivity contribution in [3.8, 4) is 0 Å². The molecule has 1 rings (SSSR count). The molecule has 0 aliphatic heterocycles. The number of rotatable bonds is 10. The molecule has 108 valence electrons. The molecule has 1 aromatic rings. The van der Waals surface area contributed by atoms with E-state index in [2.05, 4.69) is 9.56 Å². The standard InChI is InChI=1S/C12H19O6P/c1-15-18-19(14)17-8-7-12(9-13)16-10-11-5-3-2-4-6-11/h2-6,12-13,19H,7-10H2,1H3. The van der Waals surface area contributed by atoms with Crippen LogP contribution in [-0.2, 0) is 30.0 Å². The molecule has 0 aliphatic rings. The van der Waals surface area contributed by atoms with Crippen LogP contribution in [0, 0.1) is 0 Å². The number of benzene rings is 1. The predicted molar refractivity (Wildman–Crippen MR) is 69.8 cm³/mol. The highest BCUT2D eigenvalue weighted by molar-refractivity contribution is 7.33. The maximum Gasteiger partial charge on any atom is 0.346 e. The molecule has 0 saturated heterocycles. The van der Waals surface area contributed by atoms with Gasteiger partial charge in [0.25, 0.3) is 0 Å². The summed E-state index contributed by atoms with van der Waals surface area (Å²) in [6, 6.07) is 9.65. The Morgan fingerprint density at radius 2 is 2.05 bits per heavy atom. The Balaban J connectivity index is 2.21. The van der Waals surface area contributed by atoms with Gasteiger partial charge in [0, 0.05) is 0 Å². The van der Waals surface area contributed by atoms with Crippen molar-refractivity contribution in [1.29, 1.82) is 0 Å². The first kappa shape index (κ1) is 16.3. The second-order valence-corrected chi connectivity index (χ2v) is 4.69. The molecule has 0 fully saturated rings. The van der Waals surface area contributed by atoms with Crippen LogP contribution >= 0.6 is 8.25 Å². The Bertz CT molecular complexity index is 358. The SMILES string of the molecule is COO[PH](=O)OCCC(CO)OCc1ccccc1. The number of ether oxygens (including phenoxy) is 1. The number of hydrogen-bond donors (Lipinski definition) is 1. The lowest BCUT2D eigenvalue weighted by Crippen LogP contribution is -2.19. The third-order valence-electron chi connectivity index (χ3n) is 2.34. The van der Waals surface area contributed by atoms with Crippen LogP contribution in [-0.4, -0.2) is 31.5 Å². The van der Waals surface area contributed by atoms with Gasteiger partial charge in [-0.15, -0.1) is 0 Å². The minimum Gasteiger partial charge on any atom is -0.394 e. The highest BCUT2D eigenvalue weighted by atomic mass is 31.1. The van der Waals surface area contributed by atoms with Crippen molar-refractivity contribution in [3.63, 3.8) is 0 Å². The van der Waals surface area contributed by atoms with Crippen LogP contribution in [0.25, 0.3) is 0 Å². The van der Waals surface area contributed by atoms with Gasteiger partial charge in [-0.2, -0.15) is 4.67 Å². The molecule has 0 amide bonds. The van der Waals surface area contributed by atoms with Crippen LogP contribution in [0.4, 0.5) is 0 Å². The topological polar surface area (TPSA) is 74.2 Å².